The second-order valence-corrected chi connectivity index (χ2v) is 7.87. The SMILES string of the molecule is BrC1C=CC(c2ccc3c(c2)c2ccccc2n3-c2ccccc2)=CC1. The third-order valence-electron chi connectivity index (χ3n) is 5.07. The number of alkyl halides is 1. The molecule has 0 N–H and O–H groups in total. The van der Waals surface area contributed by atoms with Crippen molar-refractivity contribution in [3.05, 3.63) is 96.6 Å². The van der Waals surface area contributed by atoms with Crippen molar-refractivity contribution in [2.24, 2.45) is 0 Å². The molecule has 4 aromatic rings. The van der Waals surface area contributed by atoms with Gasteiger partial charge in [-0.15, -0.1) is 0 Å². The van der Waals surface area contributed by atoms with Crippen LogP contribution in [0.5, 0.6) is 0 Å². The summed E-state index contributed by atoms with van der Waals surface area (Å²) in [6, 6.07) is 26.1. The number of fused-ring (bicyclic) bond motifs is 3. The van der Waals surface area contributed by atoms with E-state index < -0.39 is 0 Å². The smallest absolute Gasteiger partial charge is 0.0541 e. The molecule has 1 nitrogen and oxygen atoms in total. The summed E-state index contributed by atoms with van der Waals surface area (Å²) in [6.07, 6.45) is 7.81. The summed E-state index contributed by atoms with van der Waals surface area (Å²) in [5.41, 5.74) is 6.29. The molecule has 0 amide bonds. The summed E-state index contributed by atoms with van der Waals surface area (Å²) in [4.78, 5) is 0.454. The van der Waals surface area contributed by atoms with Crippen LogP contribution in [0.15, 0.2) is 91.0 Å². The number of para-hydroxylation sites is 2. The number of benzene rings is 3. The lowest BCUT2D eigenvalue weighted by Gasteiger charge is -2.12. The van der Waals surface area contributed by atoms with Crippen LogP contribution in [0.4, 0.5) is 0 Å². The minimum atomic E-state index is 0.454. The van der Waals surface area contributed by atoms with Crippen molar-refractivity contribution < 1.29 is 0 Å². The fraction of sp³-hybridized carbons (Fsp3) is 0.0833. The van der Waals surface area contributed by atoms with E-state index in [4.69, 9.17) is 0 Å². The first-order chi connectivity index (χ1) is 12.8. The number of allylic oxidation sites excluding steroid dienone is 4. The van der Waals surface area contributed by atoms with E-state index in [0.717, 1.165) is 6.42 Å². The minimum Gasteiger partial charge on any atom is -0.309 e. The summed E-state index contributed by atoms with van der Waals surface area (Å²) in [6.45, 7) is 0. The van der Waals surface area contributed by atoms with E-state index in [9.17, 15) is 0 Å². The van der Waals surface area contributed by atoms with E-state index in [-0.39, 0.29) is 0 Å². The average molecular weight is 400 g/mol. The highest BCUT2D eigenvalue weighted by atomic mass is 79.9. The lowest BCUT2D eigenvalue weighted by atomic mass is 9.98. The van der Waals surface area contributed by atoms with Crippen LogP contribution in [0.2, 0.25) is 0 Å². The van der Waals surface area contributed by atoms with Crippen LogP contribution in [0.3, 0.4) is 0 Å². The normalized spacial score (nSPS) is 17.0. The van der Waals surface area contributed by atoms with Crippen molar-refractivity contribution in [3.8, 4) is 5.69 Å². The van der Waals surface area contributed by atoms with Crippen LogP contribution in [0, 0.1) is 0 Å². The number of nitrogens with zero attached hydrogens (tertiary/aromatic N) is 1. The third-order valence-corrected chi connectivity index (χ3v) is 5.75. The molecule has 1 aliphatic rings. The molecule has 0 radical (unpaired) electrons. The van der Waals surface area contributed by atoms with Crippen molar-refractivity contribution >= 4 is 43.3 Å². The van der Waals surface area contributed by atoms with Crippen molar-refractivity contribution in [1.82, 2.24) is 4.57 Å². The van der Waals surface area contributed by atoms with Gasteiger partial charge in [0.05, 0.1) is 11.0 Å². The molecular formula is C24H18BrN. The van der Waals surface area contributed by atoms with Crippen molar-refractivity contribution in [2.45, 2.75) is 11.2 Å². The van der Waals surface area contributed by atoms with Gasteiger partial charge in [-0.05, 0) is 47.9 Å². The Balaban J connectivity index is 1.78. The Morgan fingerprint density at radius 2 is 1.58 bits per heavy atom. The molecule has 0 fully saturated rings. The monoisotopic (exact) mass is 399 g/mol. The quantitative estimate of drug-likeness (QED) is 0.323. The zero-order chi connectivity index (χ0) is 17.5. The molecule has 1 unspecified atom stereocenters. The molecule has 1 heterocycles. The van der Waals surface area contributed by atoms with Crippen molar-refractivity contribution in [3.63, 3.8) is 0 Å². The zero-order valence-corrected chi connectivity index (χ0v) is 15.9. The van der Waals surface area contributed by atoms with Gasteiger partial charge < -0.3 is 4.57 Å². The molecule has 126 valence electrons. The zero-order valence-electron chi connectivity index (χ0n) is 14.3. The number of aromatic nitrogens is 1. The second kappa shape index (κ2) is 6.30. The standard InChI is InChI=1S/C24H18BrN/c25-19-13-10-17(11-14-19)18-12-15-24-22(16-18)21-8-4-5-9-23(21)26(24)20-6-2-1-3-7-20/h1-13,15-16,19H,14H2. The van der Waals surface area contributed by atoms with E-state index >= 15 is 0 Å². The molecular weight excluding hydrogens is 382 g/mol. The van der Waals surface area contributed by atoms with Crippen molar-refractivity contribution in [2.75, 3.05) is 0 Å². The first kappa shape index (κ1) is 15.7. The molecule has 5 rings (SSSR count). The van der Waals surface area contributed by atoms with Gasteiger partial charge in [-0.25, -0.2) is 0 Å². The topological polar surface area (TPSA) is 4.93 Å². The Bertz CT molecular complexity index is 1160. The highest BCUT2D eigenvalue weighted by Gasteiger charge is 2.13. The van der Waals surface area contributed by atoms with Crippen molar-refractivity contribution in [1.29, 1.82) is 0 Å². The highest BCUT2D eigenvalue weighted by Crippen LogP contribution is 2.34. The maximum Gasteiger partial charge on any atom is 0.0541 e. The first-order valence-electron chi connectivity index (χ1n) is 8.93. The van der Waals surface area contributed by atoms with Crippen LogP contribution in [0.1, 0.15) is 12.0 Å². The maximum absolute atomic E-state index is 3.66. The molecule has 0 aliphatic heterocycles. The predicted octanol–water partition coefficient (Wildman–Crippen LogP) is 6.89. The number of hydrogen-bond acceptors (Lipinski definition) is 0. The molecule has 26 heavy (non-hydrogen) atoms. The summed E-state index contributed by atoms with van der Waals surface area (Å²) in [5, 5.41) is 2.60. The van der Waals surface area contributed by atoms with Gasteiger partial charge in [-0.3, -0.25) is 0 Å². The lowest BCUT2D eigenvalue weighted by molar-refractivity contribution is 1.08. The number of hydrogen-bond donors (Lipinski definition) is 0. The van der Waals surface area contributed by atoms with Crippen LogP contribution in [0.25, 0.3) is 33.1 Å². The van der Waals surface area contributed by atoms with Gasteiger partial charge in [0.1, 0.15) is 0 Å². The molecule has 0 spiro atoms. The molecule has 0 saturated heterocycles. The third kappa shape index (κ3) is 2.53. The Morgan fingerprint density at radius 1 is 0.808 bits per heavy atom. The molecule has 1 atom stereocenters. The predicted molar refractivity (Wildman–Crippen MR) is 115 cm³/mol. The highest BCUT2D eigenvalue weighted by molar-refractivity contribution is 9.09. The molecule has 2 heteroatoms. The summed E-state index contributed by atoms with van der Waals surface area (Å²) in [5.74, 6) is 0. The van der Waals surface area contributed by atoms with E-state index in [1.54, 1.807) is 0 Å². The molecule has 0 saturated carbocycles. The van der Waals surface area contributed by atoms with E-state index in [0.29, 0.717) is 4.83 Å². The Morgan fingerprint density at radius 3 is 2.38 bits per heavy atom. The second-order valence-electron chi connectivity index (χ2n) is 6.69. The Labute approximate surface area is 161 Å². The molecule has 1 aromatic heterocycles. The van der Waals surface area contributed by atoms with Gasteiger partial charge in [0.15, 0.2) is 0 Å². The molecule has 3 aromatic carbocycles. The molecule has 0 bridgehead atoms. The van der Waals surface area contributed by atoms with Gasteiger partial charge in [-0.1, -0.05) is 76.6 Å². The first-order valence-corrected chi connectivity index (χ1v) is 9.84. The lowest BCUT2D eigenvalue weighted by Crippen LogP contribution is -1.96. The van der Waals surface area contributed by atoms with Gasteiger partial charge in [-0.2, -0.15) is 0 Å². The summed E-state index contributed by atoms with van der Waals surface area (Å²) in [7, 11) is 0. The number of halogens is 1. The van der Waals surface area contributed by atoms with Crippen LogP contribution in [-0.4, -0.2) is 9.39 Å². The molecule has 1 aliphatic carbocycles. The van der Waals surface area contributed by atoms with E-state index in [1.807, 2.05) is 0 Å². The summed E-state index contributed by atoms with van der Waals surface area (Å²) >= 11 is 3.66. The van der Waals surface area contributed by atoms with Gasteiger partial charge in [0.2, 0.25) is 0 Å². The Kier molecular flexibility index (Phi) is 3.79. The van der Waals surface area contributed by atoms with Gasteiger partial charge in [0.25, 0.3) is 0 Å². The van der Waals surface area contributed by atoms with Gasteiger partial charge >= 0.3 is 0 Å². The maximum atomic E-state index is 3.66. The largest absolute Gasteiger partial charge is 0.309 e. The average Bonchev–Trinajstić information content (AvgIpc) is 3.03. The van der Waals surface area contributed by atoms with Crippen LogP contribution >= 0.6 is 15.9 Å². The minimum absolute atomic E-state index is 0.454. The fourth-order valence-corrected chi connectivity index (χ4v) is 4.16. The van der Waals surface area contributed by atoms with Gasteiger partial charge in [0, 0.05) is 21.3 Å². The Hall–Kier alpha value is -2.58. The van der Waals surface area contributed by atoms with E-state index in [1.165, 1.54) is 38.6 Å². The van der Waals surface area contributed by atoms with Crippen LogP contribution in [-0.2, 0) is 0 Å². The fourth-order valence-electron chi connectivity index (χ4n) is 3.82. The van der Waals surface area contributed by atoms with E-state index in [2.05, 4.69) is 112 Å². The number of rotatable bonds is 2. The van der Waals surface area contributed by atoms with Crippen LogP contribution < -0.4 is 0 Å². The summed E-state index contributed by atoms with van der Waals surface area (Å²) < 4.78 is 2.36.